The van der Waals surface area contributed by atoms with Gasteiger partial charge in [-0.2, -0.15) is 0 Å². The van der Waals surface area contributed by atoms with Crippen LogP contribution >= 0.6 is 0 Å². The van der Waals surface area contributed by atoms with Crippen molar-refractivity contribution in [1.82, 2.24) is 9.97 Å². The van der Waals surface area contributed by atoms with Gasteiger partial charge in [0.05, 0.1) is 24.2 Å². The summed E-state index contributed by atoms with van der Waals surface area (Å²) in [5.74, 6) is 0.160. The summed E-state index contributed by atoms with van der Waals surface area (Å²) in [4.78, 5) is 21.2. The van der Waals surface area contributed by atoms with Gasteiger partial charge in [0, 0.05) is 12.4 Å². The average Bonchev–Trinajstić information content (AvgIpc) is 2.71. The molecule has 0 aliphatic carbocycles. The number of carbonyl (C=O) groups is 1. The van der Waals surface area contributed by atoms with Crippen LogP contribution in [0.25, 0.3) is 0 Å². The monoisotopic (exact) mass is 285 g/mol. The second kappa shape index (κ2) is 5.52. The number of sulfone groups is 1. The Morgan fingerprint density at radius 1 is 1.47 bits per heavy atom. The number of anilines is 1. The summed E-state index contributed by atoms with van der Waals surface area (Å²) in [6.07, 6.45) is 2.76. The van der Waals surface area contributed by atoms with Gasteiger partial charge in [-0.3, -0.25) is 0 Å². The Hall–Kier alpha value is -1.70. The molecule has 0 aromatic carbocycles. The molecule has 0 spiro atoms. The first-order valence-corrected chi connectivity index (χ1v) is 7.79. The molecular formula is C11H15N3O4S. The van der Waals surface area contributed by atoms with Crippen LogP contribution in [-0.2, 0) is 14.6 Å². The number of hydrogen-bond donors (Lipinski definition) is 0. The fraction of sp³-hybridized carbons (Fsp3) is 0.545. The standard InChI is InChI=1S/C11H15N3O4S/c1-2-18-11(15)14(10-12-5-3-6-13-10)9-4-7-19(16,17)8-9/h3,5-6,9H,2,4,7-8H2,1H3. The van der Waals surface area contributed by atoms with Crippen LogP contribution < -0.4 is 4.90 Å². The molecular weight excluding hydrogens is 270 g/mol. The van der Waals surface area contributed by atoms with Gasteiger partial charge in [0.25, 0.3) is 0 Å². The molecule has 1 saturated heterocycles. The predicted molar refractivity (Wildman–Crippen MR) is 68.6 cm³/mol. The Morgan fingerprint density at radius 2 is 2.16 bits per heavy atom. The molecule has 2 heterocycles. The van der Waals surface area contributed by atoms with E-state index in [9.17, 15) is 13.2 Å². The summed E-state index contributed by atoms with van der Waals surface area (Å²) >= 11 is 0. The molecule has 2 rings (SSSR count). The van der Waals surface area contributed by atoms with Crippen molar-refractivity contribution in [3.63, 3.8) is 0 Å². The topological polar surface area (TPSA) is 89.5 Å². The largest absolute Gasteiger partial charge is 0.449 e. The van der Waals surface area contributed by atoms with Crippen molar-refractivity contribution in [2.45, 2.75) is 19.4 Å². The number of nitrogens with zero attached hydrogens (tertiary/aromatic N) is 3. The number of rotatable bonds is 3. The molecule has 1 aliphatic heterocycles. The molecule has 0 saturated carbocycles. The van der Waals surface area contributed by atoms with E-state index in [0.717, 1.165) is 0 Å². The molecule has 1 aliphatic rings. The highest BCUT2D eigenvalue weighted by molar-refractivity contribution is 7.91. The van der Waals surface area contributed by atoms with Gasteiger partial charge in [-0.15, -0.1) is 0 Å². The highest BCUT2D eigenvalue weighted by Gasteiger charge is 2.37. The normalized spacial score (nSPS) is 21.0. The van der Waals surface area contributed by atoms with Crippen LogP contribution in [-0.4, -0.2) is 48.6 Å². The van der Waals surface area contributed by atoms with Gasteiger partial charge in [0.2, 0.25) is 5.95 Å². The Labute approximate surface area is 111 Å². The molecule has 0 bridgehead atoms. The molecule has 0 radical (unpaired) electrons. The number of carbonyl (C=O) groups excluding carboxylic acids is 1. The zero-order valence-electron chi connectivity index (χ0n) is 10.5. The fourth-order valence-electron chi connectivity index (χ4n) is 1.98. The van der Waals surface area contributed by atoms with Gasteiger partial charge < -0.3 is 4.74 Å². The van der Waals surface area contributed by atoms with Crippen molar-refractivity contribution in [1.29, 1.82) is 0 Å². The highest BCUT2D eigenvalue weighted by Crippen LogP contribution is 2.22. The first-order valence-electron chi connectivity index (χ1n) is 5.97. The van der Waals surface area contributed by atoms with Crippen molar-refractivity contribution in [3.8, 4) is 0 Å². The predicted octanol–water partition coefficient (Wildman–Crippen LogP) is 0.627. The first-order chi connectivity index (χ1) is 9.03. The minimum atomic E-state index is -3.10. The molecule has 8 heteroatoms. The maximum Gasteiger partial charge on any atom is 0.416 e. The summed E-state index contributed by atoms with van der Waals surface area (Å²) < 4.78 is 28.0. The maximum atomic E-state index is 12.0. The Bertz CT molecular complexity index is 546. The second-order valence-corrected chi connectivity index (χ2v) is 6.40. The third-order valence-corrected chi connectivity index (χ3v) is 4.56. The Morgan fingerprint density at radius 3 is 2.68 bits per heavy atom. The van der Waals surface area contributed by atoms with Crippen LogP contribution in [0, 0.1) is 0 Å². The quantitative estimate of drug-likeness (QED) is 0.809. The van der Waals surface area contributed by atoms with Crippen LogP contribution in [0.3, 0.4) is 0 Å². The Balaban J connectivity index is 2.28. The van der Waals surface area contributed by atoms with Crippen LogP contribution in [0.1, 0.15) is 13.3 Å². The minimum Gasteiger partial charge on any atom is -0.449 e. The van der Waals surface area contributed by atoms with Crippen molar-refractivity contribution in [2.24, 2.45) is 0 Å². The lowest BCUT2D eigenvalue weighted by atomic mass is 10.2. The molecule has 1 atom stereocenters. The lowest BCUT2D eigenvalue weighted by Crippen LogP contribution is -2.42. The summed E-state index contributed by atoms with van der Waals surface area (Å²) in [5, 5.41) is 0. The van der Waals surface area contributed by atoms with Crippen molar-refractivity contribution < 1.29 is 17.9 Å². The van der Waals surface area contributed by atoms with Crippen LogP contribution in [0.4, 0.5) is 10.7 Å². The summed E-state index contributed by atoms with van der Waals surface area (Å²) in [6.45, 7) is 1.90. The van der Waals surface area contributed by atoms with Gasteiger partial charge in [-0.1, -0.05) is 0 Å². The molecule has 7 nitrogen and oxygen atoms in total. The van der Waals surface area contributed by atoms with Gasteiger partial charge in [0.1, 0.15) is 0 Å². The first kappa shape index (κ1) is 13.7. The van der Waals surface area contributed by atoms with E-state index in [4.69, 9.17) is 4.74 Å². The van der Waals surface area contributed by atoms with Crippen LogP contribution in [0.15, 0.2) is 18.5 Å². The summed E-state index contributed by atoms with van der Waals surface area (Å²) in [7, 11) is -3.10. The van der Waals surface area contributed by atoms with Crippen LogP contribution in [0.2, 0.25) is 0 Å². The lowest BCUT2D eigenvalue weighted by molar-refractivity contribution is 0.157. The van der Waals surface area contributed by atoms with E-state index in [2.05, 4.69) is 9.97 Å². The molecule has 1 aromatic rings. The molecule has 1 aromatic heterocycles. The summed E-state index contributed by atoms with van der Waals surface area (Å²) in [5.41, 5.74) is 0. The van der Waals surface area contributed by atoms with E-state index in [0.29, 0.717) is 6.42 Å². The number of ether oxygens (including phenoxy) is 1. The van der Waals surface area contributed by atoms with Crippen molar-refractivity contribution >= 4 is 21.9 Å². The molecule has 1 unspecified atom stereocenters. The second-order valence-electron chi connectivity index (χ2n) is 4.17. The number of hydrogen-bond acceptors (Lipinski definition) is 6. The highest BCUT2D eigenvalue weighted by atomic mass is 32.2. The van der Waals surface area contributed by atoms with Crippen LogP contribution in [0.5, 0.6) is 0 Å². The number of amides is 1. The van der Waals surface area contributed by atoms with Crippen molar-refractivity contribution in [2.75, 3.05) is 23.0 Å². The molecule has 1 fully saturated rings. The maximum absolute atomic E-state index is 12.0. The zero-order valence-corrected chi connectivity index (χ0v) is 11.3. The van der Waals surface area contributed by atoms with E-state index in [1.54, 1.807) is 13.0 Å². The van der Waals surface area contributed by atoms with E-state index < -0.39 is 22.0 Å². The van der Waals surface area contributed by atoms with Gasteiger partial charge in [0.15, 0.2) is 9.84 Å². The van der Waals surface area contributed by atoms with E-state index >= 15 is 0 Å². The zero-order chi connectivity index (χ0) is 13.9. The van der Waals surface area contributed by atoms with E-state index in [-0.39, 0.29) is 24.1 Å². The van der Waals surface area contributed by atoms with Gasteiger partial charge >= 0.3 is 6.09 Å². The van der Waals surface area contributed by atoms with E-state index in [1.165, 1.54) is 17.3 Å². The molecule has 0 N–H and O–H groups in total. The third kappa shape index (κ3) is 3.19. The lowest BCUT2D eigenvalue weighted by Gasteiger charge is -2.24. The summed E-state index contributed by atoms with van der Waals surface area (Å²) in [6, 6.07) is 1.16. The third-order valence-electron chi connectivity index (χ3n) is 2.81. The Kier molecular flexibility index (Phi) is 3.98. The van der Waals surface area contributed by atoms with Gasteiger partial charge in [-0.05, 0) is 19.4 Å². The smallest absolute Gasteiger partial charge is 0.416 e. The molecule has 104 valence electrons. The molecule has 1 amide bonds. The van der Waals surface area contributed by atoms with Crippen molar-refractivity contribution in [3.05, 3.63) is 18.5 Å². The number of aromatic nitrogens is 2. The average molecular weight is 285 g/mol. The van der Waals surface area contributed by atoms with Gasteiger partial charge in [-0.25, -0.2) is 28.1 Å². The SMILES string of the molecule is CCOC(=O)N(c1ncccn1)C1CCS(=O)(=O)C1. The minimum absolute atomic E-state index is 0.0698. The molecule has 19 heavy (non-hydrogen) atoms. The van der Waals surface area contributed by atoms with E-state index in [1.807, 2.05) is 0 Å². The fourth-order valence-corrected chi connectivity index (χ4v) is 3.68.